The van der Waals surface area contributed by atoms with E-state index in [9.17, 15) is 0 Å². The van der Waals surface area contributed by atoms with Crippen molar-refractivity contribution >= 4 is 26.8 Å². The minimum atomic E-state index is -0.0781. The number of hydrogen-bond donors (Lipinski definition) is 2. The van der Waals surface area contributed by atoms with Crippen LogP contribution in [0, 0.1) is 6.92 Å². The summed E-state index contributed by atoms with van der Waals surface area (Å²) in [6.45, 7) is 2.07. The number of aromatic nitrogens is 1. The highest BCUT2D eigenvalue weighted by atomic mass is 79.9. The van der Waals surface area contributed by atoms with Crippen LogP contribution in [-0.4, -0.2) is 4.98 Å². The van der Waals surface area contributed by atoms with E-state index in [0.717, 1.165) is 26.5 Å². The van der Waals surface area contributed by atoms with Crippen molar-refractivity contribution in [3.05, 3.63) is 75.9 Å². The Hall–Kier alpha value is -1.75. The lowest BCUT2D eigenvalue weighted by molar-refractivity contribution is 0.635. The highest BCUT2D eigenvalue weighted by Gasteiger charge is 2.16. The summed E-state index contributed by atoms with van der Waals surface area (Å²) in [5, 5.41) is 1.13. The Bertz CT molecular complexity index is 786. The van der Waals surface area contributed by atoms with E-state index < -0.39 is 0 Å². The molecule has 0 aliphatic rings. The molecule has 0 saturated carbocycles. The third-order valence-electron chi connectivity index (χ3n) is 3.59. The van der Waals surface area contributed by atoms with Gasteiger partial charge in [-0.3, -0.25) is 10.8 Å². The monoisotopic (exact) mass is 341 g/mol. The van der Waals surface area contributed by atoms with Crippen molar-refractivity contribution in [1.82, 2.24) is 10.4 Å². The lowest BCUT2D eigenvalue weighted by Crippen LogP contribution is -2.29. The molecule has 3 aromatic rings. The van der Waals surface area contributed by atoms with Gasteiger partial charge < -0.3 is 0 Å². The van der Waals surface area contributed by atoms with Crippen LogP contribution < -0.4 is 11.3 Å². The second-order valence-electron chi connectivity index (χ2n) is 5.08. The fourth-order valence-electron chi connectivity index (χ4n) is 2.51. The van der Waals surface area contributed by atoms with Crippen LogP contribution in [0.15, 0.2) is 59.2 Å². The van der Waals surface area contributed by atoms with Crippen molar-refractivity contribution in [2.24, 2.45) is 5.84 Å². The van der Waals surface area contributed by atoms with Gasteiger partial charge in [0.25, 0.3) is 0 Å². The van der Waals surface area contributed by atoms with Crippen molar-refractivity contribution in [3.63, 3.8) is 0 Å². The summed E-state index contributed by atoms with van der Waals surface area (Å²) >= 11 is 3.61. The molecular weight excluding hydrogens is 326 g/mol. The first-order valence-corrected chi connectivity index (χ1v) is 7.55. The summed E-state index contributed by atoms with van der Waals surface area (Å²) in [4.78, 5) is 4.41. The Kier molecular flexibility index (Phi) is 4.01. The first-order chi connectivity index (χ1) is 10.2. The van der Waals surface area contributed by atoms with Crippen LogP contribution in [0.5, 0.6) is 0 Å². The number of halogens is 1. The molecule has 3 N–H and O–H groups in total. The number of nitrogens with one attached hydrogen (secondary N) is 1. The molecule has 1 aromatic heterocycles. The largest absolute Gasteiger partial charge is 0.271 e. The Morgan fingerprint density at radius 1 is 1.14 bits per heavy atom. The molecule has 4 heteroatoms. The summed E-state index contributed by atoms with van der Waals surface area (Å²) in [6, 6.07) is 16.4. The van der Waals surface area contributed by atoms with Gasteiger partial charge in [0, 0.05) is 16.1 Å². The lowest BCUT2D eigenvalue weighted by Gasteiger charge is -2.19. The zero-order valence-electron chi connectivity index (χ0n) is 11.7. The van der Waals surface area contributed by atoms with Gasteiger partial charge in [-0.15, -0.1) is 0 Å². The predicted octanol–water partition coefficient (Wildman–Crippen LogP) is 3.86. The van der Waals surface area contributed by atoms with E-state index in [2.05, 4.69) is 69.7 Å². The number of nitrogens with zero attached hydrogens (tertiary/aromatic N) is 1. The molecule has 21 heavy (non-hydrogen) atoms. The van der Waals surface area contributed by atoms with Gasteiger partial charge >= 0.3 is 0 Å². The first-order valence-electron chi connectivity index (χ1n) is 6.76. The van der Waals surface area contributed by atoms with Gasteiger partial charge in [0.2, 0.25) is 0 Å². The molecule has 1 atom stereocenters. The second kappa shape index (κ2) is 5.93. The topological polar surface area (TPSA) is 50.9 Å². The second-order valence-corrected chi connectivity index (χ2v) is 5.93. The van der Waals surface area contributed by atoms with Gasteiger partial charge in [0.15, 0.2) is 0 Å². The molecule has 0 amide bonds. The molecule has 3 rings (SSSR count). The Morgan fingerprint density at radius 2 is 2.00 bits per heavy atom. The van der Waals surface area contributed by atoms with E-state index in [1.807, 2.05) is 12.1 Å². The lowest BCUT2D eigenvalue weighted by atomic mass is 9.97. The third-order valence-corrected chi connectivity index (χ3v) is 4.31. The smallest absolute Gasteiger partial charge is 0.0721 e. The number of benzene rings is 2. The predicted molar refractivity (Wildman–Crippen MR) is 89.8 cm³/mol. The van der Waals surface area contributed by atoms with Gasteiger partial charge in [0.1, 0.15) is 0 Å². The van der Waals surface area contributed by atoms with E-state index in [-0.39, 0.29) is 6.04 Å². The quantitative estimate of drug-likeness (QED) is 0.561. The molecule has 1 heterocycles. The van der Waals surface area contributed by atoms with Crippen molar-refractivity contribution in [2.75, 3.05) is 0 Å². The Labute approximate surface area is 132 Å². The number of pyridine rings is 1. The average Bonchev–Trinajstić information content (AvgIpc) is 2.51. The molecule has 3 nitrogen and oxygen atoms in total. The first kappa shape index (κ1) is 14.2. The molecule has 0 spiro atoms. The minimum absolute atomic E-state index is 0.0781. The van der Waals surface area contributed by atoms with Gasteiger partial charge in [-0.25, -0.2) is 5.43 Å². The van der Waals surface area contributed by atoms with Crippen LogP contribution in [0.25, 0.3) is 10.9 Å². The highest BCUT2D eigenvalue weighted by Crippen LogP contribution is 2.30. The zero-order chi connectivity index (χ0) is 14.8. The number of nitrogens with two attached hydrogens (primary N) is 1. The molecule has 2 aromatic carbocycles. The van der Waals surface area contributed by atoms with Crippen LogP contribution >= 0.6 is 15.9 Å². The fraction of sp³-hybridized carbons (Fsp3) is 0.118. The summed E-state index contributed by atoms with van der Waals surface area (Å²) in [6.07, 6.45) is 1.81. The summed E-state index contributed by atoms with van der Waals surface area (Å²) in [5.41, 5.74) is 7.29. The van der Waals surface area contributed by atoms with Gasteiger partial charge in [-0.05, 0) is 36.2 Å². The van der Waals surface area contributed by atoms with Crippen LogP contribution in [0.2, 0.25) is 0 Å². The SMILES string of the molecule is Cc1ccc(Br)c(C(NN)c2ccc3cccnc3c2)c1. The zero-order valence-corrected chi connectivity index (χ0v) is 13.3. The highest BCUT2D eigenvalue weighted by molar-refractivity contribution is 9.10. The molecule has 0 fully saturated rings. The third kappa shape index (κ3) is 2.83. The maximum atomic E-state index is 5.81. The van der Waals surface area contributed by atoms with Crippen LogP contribution in [0.3, 0.4) is 0 Å². The summed E-state index contributed by atoms with van der Waals surface area (Å²) in [7, 11) is 0. The number of fused-ring (bicyclic) bond motifs is 1. The van der Waals surface area contributed by atoms with E-state index in [0.29, 0.717) is 0 Å². The van der Waals surface area contributed by atoms with E-state index in [1.165, 1.54) is 5.56 Å². The number of hydrogen-bond acceptors (Lipinski definition) is 3. The molecule has 0 aliphatic heterocycles. The average molecular weight is 342 g/mol. The van der Waals surface area contributed by atoms with Crippen molar-refractivity contribution in [2.45, 2.75) is 13.0 Å². The normalized spacial score (nSPS) is 12.5. The van der Waals surface area contributed by atoms with Crippen LogP contribution in [0.4, 0.5) is 0 Å². The van der Waals surface area contributed by atoms with Crippen molar-refractivity contribution in [3.8, 4) is 0 Å². The van der Waals surface area contributed by atoms with Crippen molar-refractivity contribution < 1.29 is 0 Å². The van der Waals surface area contributed by atoms with Crippen molar-refractivity contribution in [1.29, 1.82) is 0 Å². The summed E-state index contributed by atoms with van der Waals surface area (Å²) < 4.78 is 1.04. The Morgan fingerprint density at radius 3 is 2.81 bits per heavy atom. The van der Waals surface area contributed by atoms with Gasteiger partial charge in [-0.1, -0.05) is 51.8 Å². The number of aryl methyl sites for hydroxylation is 1. The summed E-state index contributed by atoms with van der Waals surface area (Å²) in [5.74, 6) is 5.81. The standard InChI is InChI=1S/C17H16BrN3/c1-11-4-7-15(18)14(9-11)17(21-19)13-6-5-12-3-2-8-20-16(12)10-13/h2-10,17,21H,19H2,1H3. The fourth-order valence-corrected chi connectivity index (χ4v) is 2.99. The molecule has 0 bridgehead atoms. The molecule has 0 aliphatic carbocycles. The molecule has 106 valence electrons. The maximum Gasteiger partial charge on any atom is 0.0721 e. The van der Waals surface area contributed by atoms with Gasteiger partial charge in [-0.2, -0.15) is 0 Å². The Balaban J connectivity index is 2.11. The van der Waals surface area contributed by atoms with E-state index in [4.69, 9.17) is 5.84 Å². The molecule has 0 radical (unpaired) electrons. The maximum absolute atomic E-state index is 5.81. The molecular formula is C17H16BrN3. The number of rotatable bonds is 3. The molecule has 0 saturated heterocycles. The van der Waals surface area contributed by atoms with E-state index >= 15 is 0 Å². The van der Waals surface area contributed by atoms with E-state index in [1.54, 1.807) is 6.20 Å². The number of hydrazine groups is 1. The van der Waals surface area contributed by atoms with Crippen LogP contribution in [0.1, 0.15) is 22.7 Å². The van der Waals surface area contributed by atoms with Gasteiger partial charge in [0.05, 0.1) is 11.6 Å². The minimum Gasteiger partial charge on any atom is -0.271 e. The molecule has 1 unspecified atom stereocenters. The van der Waals surface area contributed by atoms with Crippen LogP contribution in [-0.2, 0) is 0 Å².